The number of carbonyl (C=O) groups is 3. The number of hydrogen-bond acceptors (Lipinski definition) is 5. The third kappa shape index (κ3) is 3.36. The molecule has 1 atom stereocenters. The van der Waals surface area contributed by atoms with Gasteiger partial charge in [0, 0.05) is 17.8 Å². The van der Waals surface area contributed by atoms with E-state index in [0.717, 1.165) is 4.90 Å². The molecule has 2 aromatic carbocycles. The molecule has 0 spiro atoms. The normalized spacial score (nSPS) is 14.1. The zero-order valence-electron chi connectivity index (χ0n) is 13.7. The number of anilines is 1. The second-order valence-electron chi connectivity index (χ2n) is 5.76. The van der Waals surface area contributed by atoms with Gasteiger partial charge < -0.3 is 5.32 Å². The highest BCUT2D eigenvalue weighted by Gasteiger charge is 2.41. The minimum atomic E-state index is -1.12. The average Bonchev–Trinajstić information content (AvgIpc) is 2.85. The molecule has 0 aromatic heterocycles. The van der Waals surface area contributed by atoms with E-state index in [-0.39, 0.29) is 26.9 Å². The van der Waals surface area contributed by atoms with Crippen molar-refractivity contribution in [2.45, 2.75) is 13.0 Å². The van der Waals surface area contributed by atoms with Gasteiger partial charge in [0.1, 0.15) is 6.04 Å². The van der Waals surface area contributed by atoms with E-state index in [2.05, 4.69) is 5.32 Å². The molecule has 0 radical (unpaired) electrons. The fourth-order valence-electron chi connectivity index (χ4n) is 2.63. The first-order chi connectivity index (χ1) is 12.7. The molecule has 8 nitrogen and oxygen atoms in total. The number of rotatable bonds is 4. The summed E-state index contributed by atoms with van der Waals surface area (Å²) in [5, 5.41) is 13.4. The first kappa shape index (κ1) is 18.8. The molecule has 0 aliphatic carbocycles. The molecule has 1 aliphatic rings. The highest BCUT2D eigenvalue weighted by atomic mass is 35.5. The maximum Gasteiger partial charge on any atom is 0.269 e. The van der Waals surface area contributed by atoms with E-state index in [0.29, 0.717) is 5.69 Å². The quantitative estimate of drug-likeness (QED) is 0.473. The summed E-state index contributed by atoms with van der Waals surface area (Å²) in [7, 11) is 0. The summed E-state index contributed by atoms with van der Waals surface area (Å²) >= 11 is 11.8. The van der Waals surface area contributed by atoms with Crippen LogP contribution in [0.5, 0.6) is 0 Å². The molecule has 0 fully saturated rings. The van der Waals surface area contributed by atoms with Crippen LogP contribution in [0.2, 0.25) is 10.0 Å². The summed E-state index contributed by atoms with van der Waals surface area (Å²) in [6.07, 6.45) is 0. The first-order valence-electron chi connectivity index (χ1n) is 7.63. The number of fused-ring (bicyclic) bond motifs is 1. The third-order valence-corrected chi connectivity index (χ3v) is 4.79. The van der Waals surface area contributed by atoms with Crippen LogP contribution in [-0.2, 0) is 4.79 Å². The van der Waals surface area contributed by atoms with Gasteiger partial charge in [0.25, 0.3) is 17.5 Å². The molecule has 3 amide bonds. The second-order valence-corrected chi connectivity index (χ2v) is 6.58. The molecule has 138 valence electrons. The minimum Gasteiger partial charge on any atom is -0.324 e. The maximum atomic E-state index is 12.5. The lowest BCUT2D eigenvalue weighted by atomic mass is 10.1. The zero-order valence-corrected chi connectivity index (χ0v) is 15.2. The van der Waals surface area contributed by atoms with Crippen molar-refractivity contribution in [3.8, 4) is 0 Å². The number of nitro groups is 1. The molecule has 0 saturated carbocycles. The SMILES string of the molecule is CC(C(=O)Nc1ccc([N+](=O)[O-])cc1)N1C(=O)c2cc(Cl)c(Cl)cc2C1=O. The molecular formula is C17H11Cl2N3O5. The summed E-state index contributed by atoms with van der Waals surface area (Å²) in [5.41, 5.74) is 0.309. The fourth-order valence-corrected chi connectivity index (χ4v) is 2.96. The summed E-state index contributed by atoms with van der Waals surface area (Å²) in [5.74, 6) is -1.93. The van der Waals surface area contributed by atoms with Gasteiger partial charge in [-0.2, -0.15) is 0 Å². The Morgan fingerprint density at radius 2 is 1.56 bits per heavy atom. The highest BCUT2D eigenvalue weighted by molar-refractivity contribution is 6.43. The Balaban J connectivity index is 1.80. The summed E-state index contributed by atoms with van der Waals surface area (Å²) < 4.78 is 0. The molecule has 1 N–H and O–H groups in total. The van der Waals surface area contributed by atoms with E-state index >= 15 is 0 Å². The third-order valence-electron chi connectivity index (χ3n) is 4.07. The number of imide groups is 1. The molecule has 10 heteroatoms. The van der Waals surface area contributed by atoms with Gasteiger partial charge >= 0.3 is 0 Å². The van der Waals surface area contributed by atoms with E-state index in [1.54, 1.807) is 0 Å². The predicted molar refractivity (Wildman–Crippen MR) is 98.2 cm³/mol. The standard InChI is InChI=1S/C17H11Cl2N3O5/c1-8(15(23)20-9-2-4-10(5-3-9)22(26)27)21-16(24)11-6-13(18)14(19)7-12(11)17(21)25/h2-8H,1H3,(H,20,23). The summed E-state index contributed by atoms with van der Waals surface area (Å²) in [6.45, 7) is 1.39. The van der Waals surface area contributed by atoms with Crippen molar-refractivity contribution in [1.82, 2.24) is 4.90 Å². The van der Waals surface area contributed by atoms with Crippen molar-refractivity contribution in [1.29, 1.82) is 0 Å². The molecule has 1 heterocycles. The van der Waals surface area contributed by atoms with Crippen LogP contribution >= 0.6 is 23.2 Å². The Kier molecular flexibility index (Phi) is 4.86. The van der Waals surface area contributed by atoms with Crippen molar-refractivity contribution in [2.75, 3.05) is 5.32 Å². The number of halogens is 2. The molecule has 2 aromatic rings. The maximum absolute atomic E-state index is 12.5. The van der Waals surface area contributed by atoms with E-state index in [9.17, 15) is 24.5 Å². The van der Waals surface area contributed by atoms with Crippen LogP contribution < -0.4 is 5.32 Å². The smallest absolute Gasteiger partial charge is 0.269 e. The minimum absolute atomic E-state index is 0.0735. The molecule has 0 bridgehead atoms. The molecule has 3 rings (SSSR count). The first-order valence-corrected chi connectivity index (χ1v) is 8.38. The monoisotopic (exact) mass is 407 g/mol. The van der Waals surface area contributed by atoms with Crippen LogP contribution in [0.1, 0.15) is 27.6 Å². The fraction of sp³-hybridized carbons (Fsp3) is 0.118. The average molecular weight is 408 g/mol. The van der Waals surface area contributed by atoms with Crippen LogP contribution in [0.4, 0.5) is 11.4 Å². The number of nitrogens with one attached hydrogen (secondary N) is 1. The number of non-ortho nitro benzene ring substituents is 1. The van der Waals surface area contributed by atoms with Crippen molar-refractivity contribution >= 4 is 52.3 Å². The van der Waals surface area contributed by atoms with Gasteiger partial charge in [0.15, 0.2) is 0 Å². The number of amides is 3. The number of carbonyl (C=O) groups excluding carboxylic acids is 3. The van der Waals surface area contributed by atoms with Gasteiger partial charge in [-0.05, 0) is 31.2 Å². The van der Waals surface area contributed by atoms with Gasteiger partial charge in [0.2, 0.25) is 5.91 Å². The van der Waals surface area contributed by atoms with Crippen molar-refractivity contribution in [2.24, 2.45) is 0 Å². The zero-order chi connectivity index (χ0) is 19.9. The van der Waals surface area contributed by atoms with E-state index < -0.39 is 28.7 Å². The van der Waals surface area contributed by atoms with E-state index in [1.165, 1.54) is 43.3 Å². The summed E-state index contributed by atoms with van der Waals surface area (Å²) in [4.78, 5) is 48.4. The molecule has 1 aliphatic heterocycles. The molecular weight excluding hydrogens is 397 g/mol. The van der Waals surface area contributed by atoms with Crippen molar-refractivity contribution in [3.05, 3.63) is 67.7 Å². The van der Waals surface area contributed by atoms with Crippen LogP contribution in [0.25, 0.3) is 0 Å². The Bertz CT molecular complexity index is 950. The van der Waals surface area contributed by atoms with Crippen molar-refractivity contribution in [3.63, 3.8) is 0 Å². The number of hydrogen-bond donors (Lipinski definition) is 1. The van der Waals surface area contributed by atoms with Crippen LogP contribution in [-0.4, -0.2) is 33.6 Å². The second kappa shape index (κ2) is 6.98. The van der Waals surface area contributed by atoms with Gasteiger partial charge in [-0.3, -0.25) is 29.4 Å². The largest absolute Gasteiger partial charge is 0.324 e. The van der Waals surface area contributed by atoms with E-state index in [1.807, 2.05) is 0 Å². The molecule has 0 saturated heterocycles. The topological polar surface area (TPSA) is 110 Å². The predicted octanol–water partition coefficient (Wildman–Crippen LogP) is 3.52. The summed E-state index contributed by atoms with van der Waals surface area (Å²) in [6, 6.07) is 6.62. The number of benzene rings is 2. The van der Waals surface area contributed by atoms with Gasteiger partial charge in [-0.25, -0.2) is 0 Å². The lowest BCUT2D eigenvalue weighted by Gasteiger charge is -2.21. The van der Waals surface area contributed by atoms with Crippen LogP contribution in [0, 0.1) is 10.1 Å². The van der Waals surface area contributed by atoms with Crippen LogP contribution in [0.15, 0.2) is 36.4 Å². The van der Waals surface area contributed by atoms with Gasteiger partial charge in [-0.1, -0.05) is 23.2 Å². The Morgan fingerprint density at radius 1 is 1.07 bits per heavy atom. The molecule has 27 heavy (non-hydrogen) atoms. The lowest BCUT2D eigenvalue weighted by molar-refractivity contribution is -0.384. The Morgan fingerprint density at radius 3 is 2.00 bits per heavy atom. The van der Waals surface area contributed by atoms with E-state index in [4.69, 9.17) is 23.2 Å². The van der Waals surface area contributed by atoms with Gasteiger partial charge in [0.05, 0.1) is 26.1 Å². The number of nitro benzene ring substituents is 1. The van der Waals surface area contributed by atoms with Crippen LogP contribution in [0.3, 0.4) is 0 Å². The number of nitrogens with zero attached hydrogens (tertiary/aromatic N) is 2. The Hall–Kier alpha value is -2.97. The lowest BCUT2D eigenvalue weighted by Crippen LogP contribution is -2.45. The van der Waals surface area contributed by atoms with Gasteiger partial charge in [-0.15, -0.1) is 0 Å². The van der Waals surface area contributed by atoms with Crippen molar-refractivity contribution < 1.29 is 19.3 Å². The highest BCUT2D eigenvalue weighted by Crippen LogP contribution is 2.32. The Labute approximate surface area is 162 Å². The molecule has 1 unspecified atom stereocenters.